The van der Waals surface area contributed by atoms with Gasteiger partial charge in [0.15, 0.2) is 17.3 Å². The fourth-order valence-corrected chi connectivity index (χ4v) is 6.48. The maximum atomic E-state index is 13.1. The zero-order chi connectivity index (χ0) is 31.5. The number of ether oxygens (including phenoxy) is 3. The molecule has 2 heterocycles. The quantitative estimate of drug-likeness (QED) is 0.151. The fraction of sp³-hybridized carbons (Fsp3) is 0.256. The van der Waals surface area contributed by atoms with E-state index in [1.54, 1.807) is 13.2 Å². The molecule has 7 nitrogen and oxygen atoms in total. The van der Waals surface area contributed by atoms with Gasteiger partial charge in [-0.2, -0.15) is 0 Å². The van der Waals surface area contributed by atoms with Gasteiger partial charge in [0.1, 0.15) is 5.75 Å². The Kier molecular flexibility index (Phi) is 8.38. The Morgan fingerprint density at radius 1 is 0.783 bits per heavy atom. The van der Waals surface area contributed by atoms with Crippen molar-refractivity contribution in [3.8, 4) is 17.2 Å². The van der Waals surface area contributed by atoms with Gasteiger partial charge in [0.2, 0.25) is 0 Å². The normalized spacial score (nSPS) is 16.2. The van der Waals surface area contributed by atoms with Crippen LogP contribution >= 0.6 is 0 Å². The number of fused-ring (bicyclic) bond motifs is 4. The fourth-order valence-electron chi connectivity index (χ4n) is 6.48. The molecule has 232 valence electrons. The van der Waals surface area contributed by atoms with Crippen LogP contribution in [-0.2, 0) is 0 Å². The number of hydrogen-bond donors (Lipinski definition) is 0. The van der Waals surface area contributed by atoms with E-state index >= 15 is 0 Å². The molecule has 4 aromatic carbocycles. The molecule has 0 radical (unpaired) electrons. The van der Waals surface area contributed by atoms with E-state index < -0.39 is 0 Å². The molecule has 1 atom stereocenters. The Hall–Kier alpha value is -5.17. The van der Waals surface area contributed by atoms with Crippen molar-refractivity contribution in [2.75, 3.05) is 26.9 Å². The first-order valence-electron chi connectivity index (χ1n) is 16.0. The van der Waals surface area contributed by atoms with E-state index in [4.69, 9.17) is 14.2 Å². The Balaban J connectivity index is 0.912. The smallest absolute Gasteiger partial charge is 0.256 e. The van der Waals surface area contributed by atoms with E-state index in [0.29, 0.717) is 36.0 Å². The van der Waals surface area contributed by atoms with Crippen molar-refractivity contribution in [1.29, 1.82) is 0 Å². The number of unbranched alkanes of at least 4 members (excludes halogenated alkanes) is 2. The number of rotatable bonds is 10. The van der Waals surface area contributed by atoms with E-state index in [9.17, 15) is 9.59 Å². The van der Waals surface area contributed by atoms with Crippen LogP contribution in [0.5, 0.6) is 17.2 Å². The van der Waals surface area contributed by atoms with Crippen molar-refractivity contribution in [1.82, 2.24) is 4.90 Å². The van der Waals surface area contributed by atoms with Crippen LogP contribution in [0.4, 0.5) is 5.69 Å². The van der Waals surface area contributed by atoms with E-state index in [1.807, 2.05) is 90.0 Å². The number of carbonyl (C=O) groups excluding carboxylic acids is 2. The minimum absolute atomic E-state index is 0.00460. The molecule has 0 spiro atoms. The number of carbonyl (C=O) groups is 2. The molecule has 1 amide bonds. The Morgan fingerprint density at radius 3 is 2.15 bits per heavy atom. The molecule has 7 rings (SSSR count). The average molecular weight is 613 g/mol. The number of hydrogen-bond acceptors (Lipinski definition) is 6. The van der Waals surface area contributed by atoms with Crippen LogP contribution < -0.4 is 14.2 Å². The highest BCUT2D eigenvalue weighted by Gasteiger charge is 2.32. The summed E-state index contributed by atoms with van der Waals surface area (Å²) in [6, 6.07) is 27.3. The number of nitrogens with zero attached hydrogens (tertiary/aromatic N) is 2. The molecule has 4 aromatic rings. The van der Waals surface area contributed by atoms with E-state index in [1.165, 1.54) is 0 Å². The van der Waals surface area contributed by atoms with Gasteiger partial charge in [0.05, 0.1) is 37.6 Å². The molecule has 1 saturated heterocycles. The van der Waals surface area contributed by atoms with Gasteiger partial charge in [-0.3, -0.25) is 14.6 Å². The molecule has 1 fully saturated rings. The summed E-state index contributed by atoms with van der Waals surface area (Å²) in [6.45, 7) is 1.90. The lowest BCUT2D eigenvalue weighted by Crippen LogP contribution is -2.35. The third-order valence-corrected chi connectivity index (χ3v) is 8.89. The lowest BCUT2D eigenvalue weighted by molar-refractivity contribution is 0.0774. The van der Waals surface area contributed by atoms with Crippen LogP contribution in [0, 0.1) is 0 Å². The van der Waals surface area contributed by atoms with Crippen molar-refractivity contribution < 1.29 is 23.8 Å². The monoisotopic (exact) mass is 612 g/mol. The summed E-state index contributed by atoms with van der Waals surface area (Å²) in [5.41, 5.74) is 6.68. The molecule has 0 N–H and O–H groups in total. The summed E-state index contributed by atoms with van der Waals surface area (Å²) in [5, 5.41) is 0. The van der Waals surface area contributed by atoms with Gasteiger partial charge in [-0.1, -0.05) is 60.7 Å². The van der Waals surface area contributed by atoms with Crippen LogP contribution in [0.25, 0.3) is 11.6 Å². The minimum Gasteiger partial charge on any atom is -0.494 e. The van der Waals surface area contributed by atoms with Crippen molar-refractivity contribution in [2.24, 2.45) is 4.99 Å². The molecule has 1 aliphatic carbocycles. The summed E-state index contributed by atoms with van der Waals surface area (Å²) in [7, 11) is 1.59. The Labute approximate surface area is 269 Å². The van der Waals surface area contributed by atoms with Crippen LogP contribution in [0.2, 0.25) is 0 Å². The third-order valence-electron chi connectivity index (χ3n) is 8.89. The first-order chi connectivity index (χ1) is 22.6. The van der Waals surface area contributed by atoms with Crippen molar-refractivity contribution in [3.63, 3.8) is 0 Å². The number of amides is 1. The molecule has 2 aliphatic heterocycles. The van der Waals surface area contributed by atoms with Gasteiger partial charge < -0.3 is 19.1 Å². The lowest BCUT2D eigenvalue weighted by atomic mass is 9.81. The first kappa shape index (κ1) is 29.5. The number of benzene rings is 4. The molecule has 0 unspecified atom stereocenters. The minimum atomic E-state index is 0.00460. The molecular weight excluding hydrogens is 576 g/mol. The second kappa shape index (κ2) is 13.1. The SMILES string of the molecule is COc1cc2c(cc1OCCCCCOc1ccc(C=C3c4ccccc4C(=O)c4ccccc43)cc1)N=C[C@@H]1CCCN1C2=O. The highest BCUT2D eigenvalue weighted by Crippen LogP contribution is 2.39. The summed E-state index contributed by atoms with van der Waals surface area (Å²) in [5.74, 6) is 2.05. The van der Waals surface area contributed by atoms with Gasteiger partial charge in [0.25, 0.3) is 5.91 Å². The Morgan fingerprint density at radius 2 is 1.46 bits per heavy atom. The van der Waals surface area contributed by atoms with Crippen molar-refractivity contribution >= 4 is 35.2 Å². The summed E-state index contributed by atoms with van der Waals surface area (Å²) >= 11 is 0. The molecular formula is C39H36N2O5. The van der Waals surface area contributed by atoms with Crippen LogP contribution in [0.1, 0.15) is 75.1 Å². The third kappa shape index (κ3) is 5.81. The lowest BCUT2D eigenvalue weighted by Gasteiger charge is -2.21. The topological polar surface area (TPSA) is 77.4 Å². The predicted octanol–water partition coefficient (Wildman–Crippen LogP) is 7.78. The maximum Gasteiger partial charge on any atom is 0.256 e. The summed E-state index contributed by atoms with van der Waals surface area (Å²) < 4.78 is 17.6. The molecule has 7 heteroatoms. The van der Waals surface area contributed by atoms with Crippen molar-refractivity contribution in [3.05, 3.63) is 118 Å². The number of aliphatic imine (C=N–C) groups is 1. The van der Waals surface area contributed by atoms with Crippen molar-refractivity contribution in [2.45, 2.75) is 38.1 Å². The second-order valence-electron chi connectivity index (χ2n) is 11.8. The van der Waals surface area contributed by atoms with Gasteiger partial charge in [-0.25, -0.2) is 0 Å². The Bertz CT molecular complexity index is 1790. The van der Waals surface area contributed by atoms with Gasteiger partial charge in [-0.15, -0.1) is 0 Å². The maximum absolute atomic E-state index is 13.1. The zero-order valence-electron chi connectivity index (χ0n) is 25.9. The van der Waals surface area contributed by atoms with Gasteiger partial charge >= 0.3 is 0 Å². The highest BCUT2D eigenvalue weighted by atomic mass is 16.5. The number of ketones is 1. The number of methoxy groups -OCH3 is 1. The summed E-state index contributed by atoms with van der Waals surface area (Å²) in [6.07, 6.45) is 8.68. The average Bonchev–Trinajstić information content (AvgIpc) is 3.53. The molecule has 46 heavy (non-hydrogen) atoms. The molecule has 0 bridgehead atoms. The molecule has 3 aliphatic rings. The highest BCUT2D eigenvalue weighted by molar-refractivity contribution is 6.20. The predicted molar refractivity (Wildman–Crippen MR) is 180 cm³/mol. The molecule has 0 aromatic heterocycles. The van der Waals surface area contributed by atoms with E-state index in [-0.39, 0.29) is 17.7 Å². The second-order valence-corrected chi connectivity index (χ2v) is 11.8. The van der Waals surface area contributed by atoms with Crippen LogP contribution in [0.15, 0.2) is 89.9 Å². The van der Waals surface area contributed by atoms with Gasteiger partial charge in [-0.05, 0) is 78.6 Å². The van der Waals surface area contributed by atoms with E-state index in [0.717, 1.165) is 77.8 Å². The first-order valence-corrected chi connectivity index (χ1v) is 16.0. The largest absolute Gasteiger partial charge is 0.494 e. The zero-order valence-corrected chi connectivity index (χ0v) is 25.9. The van der Waals surface area contributed by atoms with Crippen LogP contribution in [-0.4, -0.2) is 55.7 Å². The van der Waals surface area contributed by atoms with Gasteiger partial charge in [0, 0.05) is 30.0 Å². The van der Waals surface area contributed by atoms with Crippen LogP contribution in [0.3, 0.4) is 0 Å². The molecule has 0 saturated carbocycles. The standard InChI is InChI=1S/C39H36N2O5/c1-44-36-23-34-35(40-25-27-10-9-19-41(27)39(34)43)24-37(36)46-21-8-2-7-20-45-28-17-15-26(16-18-28)22-33-29-11-3-5-13-31(29)38(42)32-14-6-4-12-30(32)33/h3-6,11-18,22-25,27H,2,7-10,19-21H2,1H3/t27-/m0/s1. The summed E-state index contributed by atoms with van der Waals surface area (Å²) in [4.78, 5) is 32.6. The van der Waals surface area contributed by atoms with E-state index in [2.05, 4.69) is 11.1 Å².